The highest BCUT2D eigenvalue weighted by molar-refractivity contribution is 5.81. The summed E-state index contributed by atoms with van der Waals surface area (Å²) in [5, 5.41) is 12.2. The van der Waals surface area contributed by atoms with Crippen molar-refractivity contribution >= 4 is 5.91 Å². The molecular weight excluding hydrogens is 252 g/mol. The van der Waals surface area contributed by atoms with Crippen molar-refractivity contribution in [2.45, 2.75) is 58.9 Å². The second-order valence-corrected chi connectivity index (χ2v) is 6.39. The molecule has 0 aromatic heterocycles. The van der Waals surface area contributed by atoms with Gasteiger partial charge in [-0.1, -0.05) is 27.2 Å². The molecule has 1 aliphatic rings. The minimum atomic E-state index is 0.0579. The van der Waals surface area contributed by atoms with Crippen molar-refractivity contribution < 1.29 is 9.90 Å². The third-order valence-corrected chi connectivity index (χ3v) is 4.23. The van der Waals surface area contributed by atoms with E-state index < -0.39 is 0 Å². The molecule has 0 aliphatic carbocycles. The Bertz CT molecular complexity index is 282. The average Bonchev–Trinajstić information content (AvgIpc) is 2.44. The molecule has 1 heterocycles. The molecule has 4 nitrogen and oxygen atoms in total. The predicted octanol–water partition coefficient (Wildman–Crippen LogP) is 2.02. The highest BCUT2D eigenvalue weighted by atomic mass is 16.3. The van der Waals surface area contributed by atoms with Crippen molar-refractivity contribution in [3.63, 3.8) is 0 Å². The first kappa shape index (κ1) is 17.4. The highest BCUT2D eigenvalue weighted by Gasteiger charge is 2.27. The van der Waals surface area contributed by atoms with Crippen LogP contribution in [-0.2, 0) is 4.79 Å². The van der Waals surface area contributed by atoms with Crippen LogP contribution in [0.5, 0.6) is 0 Å². The van der Waals surface area contributed by atoms with E-state index in [2.05, 4.69) is 31.0 Å². The normalized spacial score (nSPS) is 21.9. The summed E-state index contributed by atoms with van der Waals surface area (Å²) >= 11 is 0. The van der Waals surface area contributed by atoms with Crippen LogP contribution in [0.1, 0.15) is 52.9 Å². The van der Waals surface area contributed by atoms with E-state index in [-0.39, 0.29) is 18.6 Å². The van der Waals surface area contributed by atoms with E-state index in [4.69, 9.17) is 5.11 Å². The Morgan fingerprint density at radius 3 is 2.75 bits per heavy atom. The molecule has 0 radical (unpaired) electrons. The summed E-state index contributed by atoms with van der Waals surface area (Å²) in [5.41, 5.74) is 0. The van der Waals surface area contributed by atoms with Crippen LogP contribution < -0.4 is 5.32 Å². The van der Waals surface area contributed by atoms with E-state index >= 15 is 0 Å². The maximum absolute atomic E-state index is 12.3. The maximum atomic E-state index is 12.3. The van der Waals surface area contributed by atoms with Crippen molar-refractivity contribution in [1.29, 1.82) is 0 Å². The van der Waals surface area contributed by atoms with E-state index in [9.17, 15) is 4.79 Å². The van der Waals surface area contributed by atoms with Gasteiger partial charge < -0.3 is 10.4 Å². The minimum absolute atomic E-state index is 0.0579. The first-order valence-corrected chi connectivity index (χ1v) is 8.21. The standard InChI is InChI=1S/C16H32N2O2/c1-4-18-9-6-5-7-15(18)16(20)17-12-14(8-10-19)11-13(2)3/h13-15,19H,4-12H2,1-3H3,(H,17,20). The van der Waals surface area contributed by atoms with Crippen LogP contribution in [0.15, 0.2) is 0 Å². The second-order valence-electron chi connectivity index (χ2n) is 6.39. The third-order valence-electron chi connectivity index (χ3n) is 4.23. The molecule has 1 rings (SSSR count). The van der Waals surface area contributed by atoms with Crippen molar-refractivity contribution in [2.24, 2.45) is 11.8 Å². The molecule has 2 unspecified atom stereocenters. The molecule has 0 bridgehead atoms. The molecule has 1 fully saturated rings. The zero-order valence-electron chi connectivity index (χ0n) is 13.4. The quantitative estimate of drug-likeness (QED) is 0.717. The number of likely N-dealkylation sites (tertiary alicyclic amines) is 1. The number of hydrogen-bond acceptors (Lipinski definition) is 3. The van der Waals surface area contributed by atoms with E-state index in [1.54, 1.807) is 0 Å². The molecule has 118 valence electrons. The smallest absolute Gasteiger partial charge is 0.237 e. The van der Waals surface area contributed by atoms with E-state index in [1.165, 1.54) is 6.42 Å². The van der Waals surface area contributed by atoms with Gasteiger partial charge in [-0.2, -0.15) is 0 Å². The summed E-state index contributed by atoms with van der Waals surface area (Å²) in [6.07, 6.45) is 5.18. The van der Waals surface area contributed by atoms with Crippen molar-refractivity contribution in [1.82, 2.24) is 10.2 Å². The van der Waals surface area contributed by atoms with Gasteiger partial charge in [0, 0.05) is 13.2 Å². The summed E-state index contributed by atoms with van der Waals surface area (Å²) in [5.74, 6) is 1.17. The van der Waals surface area contributed by atoms with Gasteiger partial charge >= 0.3 is 0 Å². The largest absolute Gasteiger partial charge is 0.396 e. The SMILES string of the molecule is CCN1CCCCC1C(=O)NCC(CCO)CC(C)C. The number of hydrogen-bond donors (Lipinski definition) is 2. The van der Waals surface area contributed by atoms with Gasteiger partial charge in [0.05, 0.1) is 6.04 Å². The summed E-state index contributed by atoms with van der Waals surface area (Å²) in [6.45, 7) is 9.39. The summed E-state index contributed by atoms with van der Waals surface area (Å²) in [4.78, 5) is 14.6. The molecule has 1 saturated heterocycles. The van der Waals surface area contributed by atoms with Crippen LogP contribution in [-0.4, -0.2) is 48.2 Å². The molecule has 0 spiro atoms. The highest BCUT2D eigenvalue weighted by Crippen LogP contribution is 2.18. The molecule has 1 amide bonds. The van der Waals surface area contributed by atoms with Crippen LogP contribution in [0, 0.1) is 11.8 Å². The average molecular weight is 284 g/mol. The topological polar surface area (TPSA) is 52.6 Å². The Morgan fingerprint density at radius 2 is 2.15 bits per heavy atom. The Labute approximate surface area is 123 Å². The fourth-order valence-corrected chi connectivity index (χ4v) is 3.18. The molecular formula is C16H32N2O2. The fraction of sp³-hybridized carbons (Fsp3) is 0.938. The summed E-state index contributed by atoms with van der Waals surface area (Å²) < 4.78 is 0. The van der Waals surface area contributed by atoms with Crippen LogP contribution in [0.25, 0.3) is 0 Å². The molecule has 1 aliphatic heterocycles. The van der Waals surface area contributed by atoms with Gasteiger partial charge in [0.1, 0.15) is 0 Å². The fourth-order valence-electron chi connectivity index (χ4n) is 3.18. The monoisotopic (exact) mass is 284 g/mol. The molecule has 4 heteroatoms. The molecule has 0 aromatic rings. The Hall–Kier alpha value is -0.610. The summed E-state index contributed by atoms with van der Waals surface area (Å²) in [6, 6.07) is 0.0579. The number of aliphatic hydroxyl groups is 1. The number of rotatable bonds is 8. The van der Waals surface area contributed by atoms with Crippen molar-refractivity contribution in [2.75, 3.05) is 26.2 Å². The first-order chi connectivity index (χ1) is 9.58. The Morgan fingerprint density at radius 1 is 1.40 bits per heavy atom. The zero-order valence-corrected chi connectivity index (χ0v) is 13.4. The number of amides is 1. The van der Waals surface area contributed by atoms with Crippen molar-refractivity contribution in [3.05, 3.63) is 0 Å². The van der Waals surface area contributed by atoms with Gasteiger partial charge in [0.25, 0.3) is 0 Å². The lowest BCUT2D eigenvalue weighted by molar-refractivity contribution is -0.127. The number of nitrogens with zero attached hydrogens (tertiary/aromatic N) is 1. The molecule has 2 N–H and O–H groups in total. The van der Waals surface area contributed by atoms with Crippen LogP contribution >= 0.6 is 0 Å². The van der Waals surface area contributed by atoms with Gasteiger partial charge in [0.15, 0.2) is 0 Å². The van der Waals surface area contributed by atoms with E-state index in [0.717, 1.165) is 38.8 Å². The van der Waals surface area contributed by atoms with Gasteiger partial charge in [-0.15, -0.1) is 0 Å². The first-order valence-electron chi connectivity index (χ1n) is 8.21. The van der Waals surface area contributed by atoms with Gasteiger partial charge in [-0.05, 0) is 50.6 Å². The van der Waals surface area contributed by atoms with Crippen LogP contribution in [0.3, 0.4) is 0 Å². The van der Waals surface area contributed by atoms with Gasteiger partial charge in [0.2, 0.25) is 5.91 Å². The molecule has 0 aromatic carbocycles. The lowest BCUT2D eigenvalue weighted by Crippen LogP contribution is -2.50. The van der Waals surface area contributed by atoms with E-state index in [0.29, 0.717) is 18.4 Å². The predicted molar refractivity (Wildman–Crippen MR) is 82.5 cm³/mol. The van der Waals surface area contributed by atoms with Crippen LogP contribution in [0.2, 0.25) is 0 Å². The summed E-state index contributed by atoms with van der Waals surface area (Å²) in [7, 11) is 0. The molecule has 0 saturated carbocycles. The molecule has 2 atom stereocenters. The number of piperidine rings is 1. The zero-order chi connectivity index (χ0) is 15.0. The lowest BCUT2D eigenvalue weighted by atomic mass is 9.94. The number of aliphatic hydroxyl groups excluding tert-OH is 1. The number of carbonyl (C=O) groups excluding carboxylic acids is 1. The van der Waals surface area contributed by atoms with Crippen molar-refractivity contribution in [3.8, 4) is 0 Å². The Kier molecular flexibility index (Phi) is 8.15. The van der Waals surface area contributed by atoms with Gasteiger partial charge in [-0.25, -0.2) is 0 Å². The van der Waals surface area contributed by atoms with Gasteiger partial charge in [-0.3, -0.25) is 9.69 Å². The van der Waals surface area contributed by atoms with E-state index in [1.807, 2.05) is 0 Å². The lowest BCUT2D eigenvalue weighted by Gasteiger charge is -2.34. The second kappa shape index (κ2) is 9.35. The molecule has 20 heavy (non-hydrogen) atoms. The number of nitrogens with one attached hydrogen (secondary N) is 1. The maximum Gasteiger partial charge on any atom is 0.237 e. The minimum Gasteiger partial charge on any atom is -0.396 e. The third kappa shape index (κ3) is 5.80. The number of likely N-dealkylation sites (N-methyl/N-ethyl adjacent to an activating group) is 1. The Balaban J connectivity index is 2.42. The number of carbonyl (C=O) groups is 1. The van der Waals surface area contributed by atoms with Crippen LogP contribution in [0.4, 0.5) is 0 Å².